The van der Waals surface area contributed by atoms with Gasteiger partial charge in [-0.25, -0.2) is 0 Å². The Hall–Kier alpha value is -2.75. The molecule has 4 rings (SSSR count). The zero-order valence-corrected chi connectivity index (χ0v) is 17.3. The van der Waals surface area contributed by atoms with Gasteiger partial charge in [-0.05, 0) is 32.0 Å². The molecule has 2 N–H and O–H groups in total. The predicted octanol–water partition coefficient (Wildman–Crippen LogP) is 0.869. The molecule has 9 nitrogen and oxygen atoms in total. The van der Waals surface area contributed by atoms with Gasteiger partial charge in [-0.15, -0.1) is 0 Å². The highest BCUT2D eigenvalue weighted by Crippen LogP contribution is 2.43. The van der Waals surface area contributed by atoms with Crippen LogP contribution in [0.25, 0.3) is 0 Å². The molecular weight excluding hydrogens is 388 g/mol. The van der Waals surface area contributed by atoms with Crippen LogP contribution < -0.4 is 10.6 Å². The van der Waals surface area contributed by atoms with Crippen LogP contribution in [0.1, 0.15) is 34.7 Å². The van der Waals surface area contributed by atoms with E-state index in [1.54, 1.807) is 31.4 Å². The van der Waals surface area contributed by atoms with Gasteiger partial charge >= 0.3 is 0 Å². The molecular formula is C21H26N4O5. The Morgan fingerprint density at radius 3 is 2.63 bits per heavy atom. The van der Waals surface area contributed by atoms with E-state index in [-0.39, 0.29) is 31.5 Å². The van der Waals surface area contributed by atoms with Crippen molar-refractivity contribution in [2.24, 2.45) is 7.05 Å². The number of carbonyl (C=O) groups excluding carboxylic acids is 2. The Kier molecular flexibility index (Phi) is 5.35. The SMILES string of the molecule is Cn1nccc1C(=O)NC[C@H]1OC[C@]2(CNC(=O)c3ccccc3)OC(C)(C)O[C@H]12. The molecule has 0 aliphatic carbocycles. The largest absolute Gasteiger partial charge is 0.370 e. The minimum atomic E-state index is -0.824. The van der Waals surface area contributed by atoms with Crippen molar-refractivity contribution in [2.45, 2.75) is 37.4 Å². The third kappa shape index (κ3) is 3.96. The van der Waals surface area contributed by atoms with E-state index in [4.69, 9.17) is 14.2 Å². The Labute approximate surface area is 174 Å². The van der Waals surface area contributed by atoms with Crippen LogP contribution >= 0.6 is 0 Å². The van der Waals surface area contributed by atoms with Gasteiger partial charge in [-0.3, -0.25) is 14.3 Å². The summed E-state index contributed by atoms with van der Waals surface area (Å²) in [6.45, 7) is 4.40. The first-order valence-corrected chi connectivity index (χ1v) is 9.89. The molecule has 1 aromatic carbocycles. The van der Waals surface area contributed by atoms with E-state index in [1.165, 1.54) is 4.68 Å². The van der Waals surface area contributed by atoms with E-state index in [2.05, 4.69) is 15.7 Å². The molecule has 2 aliphatic rings. The van der Waals surface area contributed by atoms with E-state index < -0.39 is 23.6 Å². The third-order valence-electron chi connectivity index (χ3n) is 5.36. The molecule has 0 radical (unpaired) electrons. The normalized spacial score (nSPS) is 26.9. The number of hydrogen-bond acceptors (Lipinski definition) is 6. The zero-order valence-electron chi connectivity index (χ0n) is 17.3. The standard InChI is InChI=1S/C21H26N4O5/c1-20(2)29-17-16(11-22-19(27)15-9-10-24-25(15)3)28-13-21(17,30-20)12-23-18(26)14-7-5-4-6-8-14/h4-10,16-17H,11-13H2,1-3H3,(H,22,27)(H,23,26)/t16-,17-,21+/m1/s1. The summed E-state index contributed by atoms with van der Waals surface area (Å²) in [4.78, 5) is 24.9. The number of hydrogen-bond donors (Lipinski definition) is 2. The molecule has 3 heterocycles. The lowest BCUT2D eigenvalue weighted by Gasteiger charge is -2.27. The van der Waals surface area contributed by atoms with Gasteiger partial charge in [0.2, 0.25) is 0 Å². The van der Waals surface area contributed by atoms with E-state index in [9.17, 15) is 9.59 Å². The van der Waals surface area contributed by atoms with Crippen molar-refractivity contribution in [1.29, 1.82) is 0 Å². The topological polar surface area (TPSA) is 104 Å². The van der Waals surface area contributed by atoms with Crippen LogP contribution in [-0.2, 0) is 21.3 Å². The molecule has 3 atom stereocenters. The highest BCUT2D eigenvalue weighted by molar-refractivity contribution is 5.94. The smallest absolute Gasteiger partial charge is 0.269 e. The summed E-state index contributed by atoms with van der Waals surface area (Å²) in [5.74, 6) is -1.26. The number of rotatable bonds is 6. The first kappa shape index (κ1) is 20.5. The molecule has 2 saturated heterocycles. The van der Waals surface area contributed by atoms with E-state index in [1.807, 2.05) is 32.0 Å². The van der Waals surface area contributed by atoms with Crippen molar-refractivity contribution in [1.82, 2.24) is 20.4 Å². The number of amides is 2. The van der Waals surface area contributed by atoms with Crippen LogP contribution in [0.3, 0.4) is 0 Å². The number of fused-ring (bicyclic) bond motifs is 1. The minimum absolute atomic E-state index is 0.190. The fourth-order valence-corrected chi connectivity index (χ4v) is 4.00. The predicted molar refractivity (Wildman–Crippen MR) is 107 cm³/mol. The van der Waals surface area contributed by atoms with E-state index >= 15 is 0 Å². The van der Waals surface area contributed by atoms with Crippen molar-refractivity contribution < 1.29 is 23.8 Å². The fraction of sp³-hybridized carbons (Fsp3) is 0.476. The minimum Gasteiger partial charge on any atom is -0.370 e. The third-order valence-corrected chi connectivity index (χ3v) is 5.36. The summed E-state index contributed by atoms with van der Waals surface area (Å²) >= 11 is 0. The van der Waals surface area contributed by atoms with Gasteiger partial charge in [0.05, 0.1) is 13.2 Å². The van der Waals surface area contributed by atoms with Crippen molar-refractivity contribution >= 4 is 11.8 Å². The van der Waals surface area contributed by atoms with Gasteiger partial charge in [0.25, 0.3) is 11.8 Å². The summed E-state index contributed by atoms with van der Waals surface area (Å²) in [5.41, 5.74) is 0.205. The molecule has 2 aliphatic heterocycles. The quantitative estimate of drug-likeness (QED) is 0.727. The van der Waals surface area contributed by atoms with E-state index in [0.717, 1.165) is 0 Å². The number of carbonyl (C=O) groups is 2. The lowest BCUT2D eigenvalue weighted by atomic mass is 9.96. The van der Waals surface area contributed by atoms with Crippen LogP contribution in [0.2, 0.25) is 0 Å². The molecule has 0 bridgehead atoms. The van der Waals surface area contributed by atoms with Crippen LogP contribution in [0.5, 0.6) is 0 Å². The molecule has 2 fully saturated rings. The Bertz CT molecular complexity index is 928. The molecule has 2 aromatic rings. The lowest BCUT2D eigenvalue weighted by Crippen LogP contribution is -2.52. The van der Waals surface area contributed by atoms with Crippen molar-refractivity contribution in [3.05, 3.63) is 53.9 Å². The number of nitrogens with zero attached hydrogens (tertiary/aromatic N) is 2. The van der Waals surface area contributed by atoms with Gasteiger partial charge in [-0.1, -0.05) is 18.2 Å². The fourth-order valence-electron chi connectivity index (χ4n) is 4.00. The van der Waals surface area contributed by atoms with Crippen LogP contribution in [0.15, 0.2) is 42.6 Å². The Morgan fingerprint density at radius 1 is 1.17 bits per heavy atom. The number of ether oxygens (including phenoxy) is 3. The molecule has 0 spiro atoms. The number of benzene rings is 1. The van der Waals surface area contributed by atoms with Crippen molar-refractivity contribution in [3.63, 3.8) is 0 Å². The molecule has 0 unspecified atom stereocenters. The van der Waals surface area contributed by atoms with Gasteiger partial charge in [0.1, 0.15) is 23.5 Å². The van der Waals surface area contributed by atoms with Gasteiger partial charge < -0.3 is 24.8 Å². The van der Waals surface area contributed by atoms with Crippen LogP contribution in [0.4, 0.5) is 0 Å². The average molecular weight is 414 g/mol. The molecule has 1 aromatic heterocycles. The Balaban J connectivity index is 1.42. The first-order chi connectivity index (χ1) is 14.3. The summed E-state index contributed by atoms with van der Waals surface area (Å²) in [6.07, 6.45) is 0.728. The van der Waals surface area contributed by atoms with E-state index in [0.29, 0.717) is 11.3 Å². The van der Waals surface area contributed by atoms with Crippen molar-refractivity contribution in [2.75, 3.05) is 19.7 Å². The highest BCUT2D eigenvalue weighted by Gasteiger charge is 2.61. The second-order valence-electron chi connectivity index (χ2n) is 8.05. The summed E-state index contributed by atoms with van der Waals surface area (Å²) < 4.78 is 19.7. The highest BCUT2D eigenvalue weighted by atomic mass is 16.8. The average Bonchev–Trinajstić information content (AvgIpc) is 3.36. The lowest BCUT2D eigenvalue weighted by molar-refractivity contribution is -0.188. The Morgan fingerprint density at radius 2 is 1.93 bits per heavy atom. The maximum Gasteiger partial charge on any atom is 0.269 e. The number of nitrogens with one attached hydrogen (secondary N) is 2. The molecule has 2 amide bonds. The summed E-state index contributed by atoms with van der Waals surface area (Å²) in [5, 5.41) is 9.81. The van der Waals surface area contributed by atoms with Gasteiger partial charge in [0.15, 0.2) is 5.79 Å². The molecule has 160 valence electrons. The van der Waals surface area contributed by atoms with Crippen molar-refractivity contribution in [3.8, 4) is 0 Å². The van der Waals surface area contributed by atoms with Gasteiger partial charge in [-0.2, -0.15) is 5.10 Å². The maximum atomic E-state index is 12.5. The molecule has 9 heteroatoms. The summed E-state index contributed by atoms with van der Waals surface area (Å²) in [6, 6.07) is 10.6. The number of aromatic nitrogens is 2. The zero-order chi connectivity index (χ0) is 21.4. The number of aryl methyl sites for hydroxylation is 1. The van der Waals surface area contributed by atoms with Crippen LogP contribution in [-0.4, -0.2) is 64.9 Å². The monoisotopic (exact) mass is 414 g/mol. The van der Waals surface area contributed by atoms with Gasteiger partial charge in [0, 0.05) is 25.4 Å². The second kappa shape index (κ2) is 7.82. The molecule has 30 heavy (non-hydrogen) atoms. The first-order valence-electron chi connectivity index (χ1n) is 9.89. The maximum absolute atomic E-state index is 12.5. The van der Waals surface area contributed by atoms with Crippen LogP contribution in [0, 0.1) is 0 Å². The molecule has 0 saturated carbocycles. The summed E-state index contributed by atoms with van der Waals surface area (Å²) in [7, 11) is 1.71. The second-order valence-corrected chi connectivity index (χ2v) is 8.05.